The Kier molecular flexibility index (Phi) is 3.94. The molecule has 2 amide bonds. The van der Waals surface area contributed by atoms with Crippen molar-refractivity contribution in [2.75, 3.05) is 7.05 Å². The van der Waals surface area contributed by atoms with Crippen LogP contribution in [0.2, 0.25) is 0 Å². The predicted molar refractivity (Wildman–Crippen MR) is 72.4 cm³/mol. The van der Waals surface area contributed by atoms with E-state index in [1.165, 1.54) is 5.01 Å². The summed E-state index contributed by atoms with van der Waals surface area (Å²) in [5.74, 6) is -0.275. The Morgan fingerprint density at radius 1 is 1.32 bits per heavy atom. The molecule has 2 rings (SSSR count). The van der Waals surface area contributed by atoms with E-state index in [0.29, 0.717) is 18.6 Å². The van der Waals surface area contributed by atoms with Gasteiger partial charge in [-0.25, -0.2) is 5.01 Å². The number of nitrogens with zero attached hydrogens (tertiary/aromatic N) is 2. The third kappa shape index (κ3) is 3.19. The SMILES string of the molecule is C[C@@H](NC(=O)C1=NN(C)C(=O)CC1)c1ccccc1. The first-order valence-electron chi connectivity index (χ1n) is 6.28. The van der Waals surface area contributed by atoms with Gasteiger partial charge in [0, 0.05) is 19.9 Å². The highest BCUT2D eigenvalue weighted by Crippen LogP contribution is 2.12. The molecule has 0 spiro atoms. The minimum absolute atomic E-state index is 0.0624. The van der Waals surface area contributed by atoms with Crippen LogP contribution in [0, 0.1) is 0 Å². The van der Waals surface area contributed by atoms with E-state index in [-0.39, 0.29) is 17.9 Å². The van der Waals surface area contributed by atoms with Crippen molar-refractivity contribution in [3.8, 4) is 0 Å². The van der Waals surface area contributed by atoms with E-state index in [4.69, 9.17) is 0 Å². The lowest BCUT2D eigenvalue weighted by atomic mass is 10.1. The maximum atomic E-state index is 12.1. The van der Waals surface area contributed by atoms with Gasteiger partial charge in [0.05, 0.1) is 6.04 Å². The van der Waals surface area contributed by atoms with Crippen LogP contribution >= 0.6 is 0 Å². The highest BCUT2D eigenvalue weighted by Gasteiger charge is 2.22. The predicted octanol–water partition coefficient (Wildman–Crippen LogP) is 1.47. The second kappa shape index (κ2) is 5.65. The molecule has 5 nitrogen and oxygen atoms in total. The molecule has 0 saturated carbocycles. The van der Waals surface area contributed by atoms with Crippen LogP contribution in [0.25, 0.3) is 0 Å². The van der Waals surface area contributed by atoms with Crippen molar-refractivity contribution in [2.45, 2.75) is 25.8 Å². The Bertz CT molecular complexity index is 511. The molecular weight excluding hydrogens is 242 g/mol. The van der Waals surface area contributed by atoms with Gasteiger partial charge in [0.2, 0.25) is 5.91 Å². The molecule has 0 unspecified atom stereocenters. The van der Waals surface area contributed by atoms with Crippen LogP contribution in [-0.2, 0) is 9.59 Å². The molecule has 1 aliphatic heterocycles. The second-order valence-electron chi connectivity index (χ2n) is 4.57. The average molecular weight is 259 g/mol. The lowest BCUT2D eigenvalue weighted by Gasteiger charge is -2.20. The number of hydrazone groups is 1. The molecule has 5 heteroatoms. The molecule has 1 aromatic rings. The van der Waals surface area contributed by atoms with Gasteiger partial charge in [-0.15, -0.1) is 0 Å². The van der Waals surface area contributed by atoms with Gasteiger partial charge < -0.3 is 5.32 Å². The van der Waals surface area contributed by atoms with Gasteiger partial charge in [0.15, 0.2) is 0 Å². The fraction of sp³-hybridized carbons (Fsp3) is 0.357. The number of hydrogen-bond donors (Lipinski definition) is 1. The van der Waals surface area contributed by atoms with Crippen LogP contribution < -0.4 is 5.32 Å². The van der Waals surface area contributed by atoms with Crippen LogP contribution in [0.4, 0.5) is 0 Å². The largest absolute Gasteiger partial charge is 0.344 e. The Morgan fingerprint density at radius 2 is 2.00 bits per heavy atom. The molecule has 1 aromatic carbocycles. The summed E-state index contributed by atoms with van der Waals surface area (Å²) in [4.78, 5) is 23.3. The van der Waals surface area contributed by atoms with Gasteiger partial charge in [-0.2, -0.15) is 5.10 Å². The van der Waals surface area contributed by atoms with Crippen LogP contribution in [0.5, 0.6) is 0 Å². The normalized spacial score (nSPS) is 16.8. The molecule has 0 saturated heterocycles. The second-order valence-corrected chi connectivity index (χ2v) is 4.57. The van der Waals surface area contributed by atoms with Crippen molar-refractivity contribution < 1.29 is 9.59 Å². The number of hydrogen-bond acceptors (Lipinski definition) is 3. The van der Waals surface area contributed by atoms with Crippen LogP contribution in [0.1, 0.15) is 31.4 Å². The quantitative estimate of drug-likeness (QED) is 0.893. The van der Waals surface area contributed by atoms with Crippen LogP contribution in [0.3, 0.4) is 0 Å². The summed E-state index contributed by atoms with van der Waals surface area (Å²) in [7, 11) is 1.56. The summed E-state index contributed by atoms with van der Waals surface area (Å²) >= 11 is 0. The van der Waals surface area contributed by atoms with Gasteiger partial charge in [-0.05, 0) is 12.5 Å². The molecule has 0 fully saturated rings. The lowest BCUT2D eigenvalue weighted by Crippen LogP contribution is -2.38. The molecule has 1 N–H and O–H groups in total. The van der Waals surface area contributed by atoms with Crippen molar-refractivity contribution in [1.29, 1.82) is 0 Å². The number of amides is 2. The Hall–Kier alpha value is -2.17. The molecule has 19 heavy (non-hydrogen) atoms. The smallest absolute Gasteiger partial charge is 0.267 e. The molecule has 100 valence electrons. The molecular formula is C14H17N3O2. The highest BCUT2D eigenvalue weighted by atomic mass is 16.2. The maximum absolute atomic E-state index is 12.1. The van der Waals surface area contributed by atoms with Crippen molar-refractivity contribution in [3.63, 3.8) is 0 Å². The zero-order valence-corrected chi connectivity index (χ0v) is 11.1. The standard InChI is InChI=1S/C14H17N3O2/c1-10(11-6-4-3-5-7-11)15-14(19)12-8-9-13(18)17(2)16-12/h3-7,10H,8-9H2,1-2H3,(H,15,19)/t10-/m1/s1. The first-order chi connectivity index (χ1) is 9.08. The van der Waals surface area contributed by atoms with Crippen molar-refractivity contribution in [3.05, 3.63) is 35.9 Å². The monoisotopic (exact) mass is 259 g/mol. The first kappa shape index (κ1) is 13.3. The fourth-order valence-corrected chi connectivity index (χ4v) is 1.94. The Morgan fingerprint density at radius 3 is 2.63 bits per heavy atom. The average Bonchev–Trinajstić information content (AvgIpc) is 2.42. The fourth-order valence-electron chi connectivity index (χ4n) is 1.94. The molecule has 0 aliphatic carbocycles. The minimum Gasteiger partial charge on any atom is -0.344 e. The molecule has 1 atom stereocenters. The summed E-state index contributed by atoms with van der Waals surface area (Å²) in [6.07, 6.45) is 0.735. The third-order valence-corrected chi connectivity index (χ3v) is 3.12. The topological polar surface area (TPSA) is 61.8 Å². The summed E-state index contributed by atoms with van der Waals surface area (Å²) in [5.41, 5.74) is 1.45. The number of rotatable bonds is 3. The van der Waals surface area contributed by atoms with Gasteiger partial charge in [0.25, 0.3) is 5.91 Å². The van der Waals surface area contributed by atoms with Gasteiger partial charge in [-0.1, -0.05) is 30.3 Å². The summed E-state index contributed by atoms with van der Waals surface area (Å²) in [6, 6.07) is 9.64. The maximum Gasteiger partial charge on any atom is 0.267 e. The zero-order chi connectivity index (χ0) is 13.8. The molecule has 0 aromatic heterocycles. The van der Waals surface area contributed by atoms with Crippen LogP contribution in [-0.4, -0.2) is 29.6 Å². The number of benzene rings is 1. The van der Waals surface area contributed by atoms with Crippen LogP contribution in [0.15, 0.2) is 35.4 Å². The number of nitrogens with one attached hydrogen (secondary N) is 1. The zero-order valence-electron chi connectivity index (χ0n) is 11.1. The van der Waals surface area contributed by atoms with E-state index >= 15 is 0 Å². The van der Waals surface area contributed by atoms with E-state index in [9.17, 15) is 9.59 Å². The molecule has 0 radical (unpaired) electrons. The van der Waals surface area contributed by atoms with Gasteiger partial charge in [0.1, 0.15) is 5.71 Å². The van der Waals surface area contributed by atoms with E-state index in [2.05, 4.69) is 10.4 Å². The van der Waals surface area contributed by atoms with E-state index in [0.717, 1.165) is 5.56 Å². The summed E-state index contributed by atoms with van der Waals surface area (Å²) in [5, 5.41) is 8.12. The number of carbonyl (C=O) groups excluding carboxylic acids is 2. The summed E-state index contributed by atoms with van der Waals surface area (Å²) < 4.78 is 0. The molecule has 1 heterocycles. The van der Waals surface area contributed by atoms with Crippen molar-refractivity contribution in [2.24, 2.45) is 5.10 Å². The van der Waals surface area contributed by atoms with Gasteiger partial charge >= 0.3 is 0 Å². The first-order valence-corrected chi connectivity index (χ1v) is 6.28. The van der Waals surface area contributed by atoms with Crippen molar-refractivity contribution >= 4 is 17.5 Å². The molecule has 0 bridgehead atoms. The Labute approximate surface area is 112 Å². The highest BCUT2D eigenvalue weighted by molar-refractivity contribution is 6.39. The number of carbonyl (C=O) groups is 2. The third-order valence-electron chi connectivity index (χ3n) is 3.12. The van der Waals surface area contributed by atoms with E-state index in [1.807, 2.05) is 37.3 Å². The van der Waals surface area contributed by atoms with Crippen molar-refractivity contribution in [1.82, 2.24) is 10.3 Å². The van der Waals surface area contributed by atoms with E-state index < -0.39 is 0 Å². The summed E-state index contributed by atoms with van der Waals surface area (Å²) in [6.45, 7) is 1.92. The van der Waals surface area contributed by atoms with E-state index in [1.54, 1.807) is 7.05 Å². The minimum atomic E-state index is -0.212. The Balaban J connectivity index is 2.02. The lowest BCUT2D eigenvalue weighted by molar-refractivity contribution is -0.130. The molecule has 1 aliphatic rings. The van der Waals surface area contributed by atoms with Gasteiger partial charge in [-0.3, -0.25) is 9.59 Å².